The van der Waals surface area contributed by atoms with Crippen LogP contribution in [0.2, 0.25) is 0 Å². The van der Waals surface area contributed by atoms with Crippen molar-refractivity contribution in [1.29, 1.82) is 0 Å². The minimum atomic E-state index is -0.387. The number of anilines is 1. The van der Waals surface area contributed by atoms with Crippen molar-refractivity contribution in [2.75, 3.05) is 19.0 Å². The third kappa shape index (κ3) is 2.70. The van der Waals surface area contributed by atoms with Crippen molar-refractivity contribution in [2.24, 2.45) is 0 Å². The number of esters is 1. The molecule has 0 fully saturated rings. The number of fused-ring (bicyclic) bond motifs is 1. The van der Waals surface area contributed by atoms with E-state index in [1.807, 2.05) is 31.3 Å². The maximum atomic E-state index is 12.4. The number of nitrogens with one attached hydrogen (secondary N) is 1. The standard InChI is InChI=1S/C17H17NO3/c1-18-15-10-9-14(16-13(15)8-5-11-20-16)17(19)21-12-6-3-2-4-7-12/h2-4,6-7,9-10,18H,5,8,11H2,1H3. The molecule has 1 aliphatic heterocycles. The van der Waals surface area contributed by atoms with Crippen molar-refractivity contribution in [2.45, 2.75) is 12.8 Å². The fourth-order valence-electron chi connectivity index (χ4n) is 2.51. The molecule has 2 aromatic carbocycles. The van der Waals surface area contributed by atoms with E-state index in [0.717, 1.165) is 24.1 Å². The average Bonchev–Trinajstić information content (AvgIpc) is 2.54. The third-order valence-electron chi connectivity index (χ3n) is 3.52. The average molecular weight is 283 g/mol. The van der Waals surface area contributed by atoms with E-state index in [1.165, 1.54) is 0 Å². The molecule has 0 saturated carbocycles. The molecule has 1 heterocycles. The van der Waals surface area contributed by atoms with Crippen LogP contribution in [0.25, 0.3) is 0 Å². The van der Waals surface area contributed by atoms with Gasteiger partial charge in [0.1, 0.15) is 17.1 Å². The van der Waals surface area contributed by atoms with Crippen LogP contribution < -0.4 is 14.8 Å². The van der Waals surface area contributed by atoms with Gasteiger partial charge in [-0.3, -0.25) is 0 Å². The summed E-state index contributed by atoms with van der Waals surface area (Å²) in [5.74, 6) is 0.792. The maximum Gasteiger partial charge on any atom is 0.347 e. The summed E-state index contributed by atoms with van der Waals surface area (Å²) in [6.45, 7) is 0.631. The topological polar surface area (TPSA) is 47.6 Å². The van der Waals surface area contributed by atoms with Crippen LogP contribution in [-0.2, 0) is 6.42 Å². The van der Waals surface area contributed by atoms with Gasteiger partial charge in [-0.1, -0.05) is 18.2 Å². The molecular formula is C17H17NO3. The van der Waals surface area contributed by atoms with Crippen LogP contribution in [0.3, 0.4) is 0 Å². The fourth-order valence-corrected chi connectivity index (χ4v) is 2.51. The first-order chi connectivity index (χ1) is 10.3. The highest BCUT2D eigenvalue weighted by molar-refractivity contribution is 5.95. The molecule has 21 heavy (non-hydrogen) atoms. The Balaban J connectivity index is 1.93. The van der Waals surface area contributed by atoms with Gasteiger partial charge in [0.25, 0.3) is 0 Å². The molecule has 0 atom stereocenters. The summed E-state index contributed by atoms with van der Waals surface area (Å²) in [7, 11) is 1.87. The number of hydrogen-bond acceptors (Lipinski definition) is 4. The summed E-state index contributed by atoms with van der Waals surface area (Å²) in [4.78, 5) is 12.4. The summed E-state index contributed by atoms with van der Waals surface area (Å²) >= 11 is 0. The summed E-state index contributed by atoms with van der Waals surface area (Å²) in [6, 6.07) is 12.7. The van der Waals surface area contributed by atoms with E-state index >= 15 is 0 Å². The molecule has 108 valence electrons. The maximum absolute atomic E-state index is 12.4. The van der Waals surface area contributed by atoms with Gasteiger partial charge in [-0.15, -0.1) is 0 Å². The number of hydrogen-bond donors (Lipinski definition) is 1. The Hall–Kier alpha value is -2.49. The summed E-state index contributed by atoms with van der Waals surface area (Å²) < 4.78 is 11.1. The zero-order chi connectivity index (χ0) is 14.7. The first-order valence-corrected chi connectivity index (χ1v) is 7.03. The molecule has 0 radical (unpaired) electrons. The lowest BCUT2D eigenvalue weighted by Crippen LogP contribution is -2.17. The van der Waals surface area contributed by atoms with Crippen LogP contribution in [0, 0.1) is 0 Å². The van der Waals surface area contributed by atoms with Crippen molar-refractivity contribution in [3.8, 4) is 11.5 Å². The largest absolute Gasteiger partial charge is 0.492 e. The van der Waals surface area contributed by atoms with Crippen LogP contribution in [0.1, 0.15) is 22.3 Å². The van der Waals surface area contributed by atoms with E-state index < -0.39 is 0 Å². The lowest BCUT2D eigenvalue weighted by Gasteiger charge is -2.22. The molecule has 0 amide bonds. The highest BCUT2D eigenvalue weighted by atomic mass is 16.5. The number of para-hydroxylation sites is 1. The Morgan fingerprint density at radius 2 is 2.00 bits per heavy atom. The third-order valence-corrected chi connectivity index (χ3v) is 3.52. The van der Waals surface area contributed by atoms with Crippen molar-refractivity contribution < 1.29 is 14.3 Å². The van der Waals surface area contributed by atoms with E-state index in [2.05, 4.69) is 5.32 Å². The molecule has 1 N–H and O–H groups in total. The predicted molar refractivity (Wildman–Crippen MR) is 81.2 cm³/mol. The van der Waals surface area contributed by atoms with E-state index in [1.54, 1.807) is 18.2 Å². The van der Waals surface area contributed by atoms with Gasteiger partial charge in [0.15, 0.2) is 0 Å². The van der Waals surface area contributed by atoms with E-state index in [4.69, 9.17) is 9.47 Å². The Bertz CT molecular complexity index is 653. The quantitative estimate of drug-likeness (QED) is 0.693. The molecule has 0 aromatic heterocycles. The fraction of sp³-hybridized carbons (Fsp3) is 0.235. The molecule has 4 nitrogen and oxygen atoms in total. The van der Waals surface area contributed by atoms with Crippen LogP contribution >= 0.6 is 0 Å². The van der Waals surface area contributed by atoms with E-state index in [9.17, 15) is 4.79 Å². The van der Waals surface area contributed by atoms with Gasteiger partial charge >= 0.3 is 5.97 Å². The van der Waals surface area contributed by atoms with Crippen molar-refractivity contribution in [3.63, 3.8) is 0 Å². The van der Waals surface area contributed by atoms with Crippen LogP contribution in [0.15, 0.2) is 42.5 Å². The molecule has 1 aliphatic rings. The van der Waals surface area contributed by atoms with E-state index in [0.29, 0.717) is 23.7 Å². The second kappa shape index (κ2) is 5.87. The normalized spacial score (nSPS) is 13.0. The minimum absolute atomic E-state index is 0.387. The van der Waals surface area contributed by atoms with Crippen LogP contribution in [-0.4, -0.2) is 19.6 Å². The highest BCUT2D eigenvalue weighted by Gasteiger charge is 2.23. The molecule has 0 saturated heterocycles. The Kier molecular flexibility index (Phi) is 3.77. The van der Waals surface area contributed by atoms with Gasteiger partial charge in [0, 0.05) is 18.3 Å². The number of carbonyl (C=O) groups excluding carboxylic acids is 1. The van der Waals surface area contributed by atoms with Gasteiger partial charge in [-0.25, -0.2) is 4.79 Å². The first kappa shape index (κ1) is 13.5. The van der Waals surface area contributed by atoms with Crippen LogP contribution in [0.4, 0.5) is 5.69 Å². The van der Waals surface area contributed by atoms with Gasteiger partial charge in [0.2, 0.25) is 0 Å². The smallest absolute Gasteiger partial charge is 0.347 e. The zero-order valence-electron chi connectivity index (χ0n) is 11.9. The highest BCUT2D eigenvalue weighted by Crippen LogP contribution is 2.35. The van der Waals surface area contributed by atoms with Gasteiger partial charge in [-0.2, -0.15) is 0 Å². The SMILES string of the molecule is CNc1ccc(C(=O)Oc2ccccc2)c2c1CCCO2. The zero-order valence-corrected chi connectivity index (χ0v) is 11.9. The second-order valence-corrected chi connectivity index (χ2v) is 4.87. The predicted octanol–water partition coefficient (Wildman–Crippen LogP) is 3.27. The van der Waals surface area contributed by atoms with Crippen molar-refractivity contribution >= 4 is 11.7 Å². The lowest BCUT2D eigenvalue weighted by atomic mass is 10.00. The van der Waals surface area contributed by atoms with Gasteiger partial charge in [0.05, 0.1) is 6.61 Å². The molecular weight excluding hydrogens is 266 g/mol. The van der Waals surface area contributed by atoms with E-state index in [-0.39, 0.29) is 5.97 Å². The molecule has 0 bridgehead atoms. The summed E-state index contributed by atoms with van der Waals surface area (Å²) in [5, 5.41) is 3.14. The molecule has 2 aromatic rings. The van der Waals surface area contributed by atoms with Crippen molar-refractivity contribution in [3.05, 3.63) is 53.6 Å². The number of ether oxygens (including phenoxy) is 2. The number of carbonyl (C=O) groups is 1. The molecule has 4 heteroatoms. The molecule has 0 unspecified atom stereocenters. The number of benzene rings is 2. The Morgan fingerprint density at radius 3 is 2.76 bits per heavy atom. The number of rotatable bonds is 3. The summed E-state index contributed by atoms with van der Waals surface area (Å²) in [5.41, 5.74) is 2.53. The second-order valence-electron chi connectivity index (χ2n) is 4.87. The molecule has 3 rings (SSSR count). The van der Waals surface area contributed by atoms with Crippen LogP contribution in [0.5, 0.6) is 11.5 Å². The monoisotopic (exact) mass is 283 g/mol. The minimum Gasteiger partial charge on any atom is -0.492 e. The lowest BCUT2D eigenvalue weighted by molar-refractivity contribution is 0.0729. The Labute approximate surface area is 123 Å². The van der Waals surface area contributed by atoms with Gasteiger partial charge in [-0.05, 0) is 37.1 Å². The molecule has 0 aliphatic carbocycles. The molecule has 0 spiro atoms. The van der Waals surface area contributed by atoms with Gasteiger partial charge < -0.3 is 14.8 Å². The Morgan fingerprint density at radius 1 is 1.19 bits per heavy atom. The van der Waals surface area contributed by atoms with Crippen molar-refractivity contribution in [1.82, 2.24) is 0 Å². The summed E-state index contributed by atoms with van der Waals surface area (Å²) in [6.07, 6.45) is 1.86. The first-order valence-electron chi connectivity index (χ1n) is 7.03.